The molecular formula is C15H21Br2N5O. The summed E-state index contributed by atoms with van der Waals surface area (Å²) in [5.74, 6) is -0.0531. The summed E-state index contributed by atoms with van der Waals surface area (Å²) in [6.45, 7) is 9.06. The van der Waals surface area contributed by atoms with E-state index in [0.29, 0.717) is 6.54 Å². The maximum atomic E-state index is 12.4. The molecule has 2 aromatic heterocycles. The third-order valence-corrected chi connectivity index (χ3v) is 5.36. The maximum absolute atomic E-state index is 12.4. The van der Waals surface area contributed by atoms with Crippen LogP contribution in [-0.4, -0.2) is 32.0 Å². The summed E-state index contributed by atoms with van der Waals surface area (Å²) < 4.78 is 5.52. The van der Waals surface area contributed by atoms with Crippen molar-refractivity contribution in [2.45, 2.75) is 46.2 Å². The zero-order chi connectivity index (χ0) is 17.2. The standard InChI is InChI=1S/C15H21Br2N5O/c1-10-13(17)11(2)21(20-10)7-5-6-18-14(23)15(3,4)22-9-12(16)8-19-22/h8-9H,5-7H2,1-4H3,(H,18,23). The first kappa shape index (κ1) is 18.2. The van der Waals surface area contributed by atoms with E-state index in [4.69, 9.17) is 0 Å². The van der Waals surface area contributed by atoms with Crippen molar-refractivity contribution in [3.8, 4) is 0 Å². The van der Waals surface area contributed by atoms with E-state index in [9.17, 15) is 4.79 Å². The van der Waals surface area contributed by atoms with E-state index < -0.39 is 5.54 Å². The summed E-state index contributed by atoms with van der Waals surface area (Å²) in [6, 6.07) is 0. The number of halogens is 2. The fraction of sp³-hybridized carbons (Fsp3) is 0.533. The van der Waals surface area contributed by atoms with Crippen molar-refractivity contribution in [3.63, 3.8) is 0 Å². The minimum Gasteiger partial charge on any atom is -0.354 e. The zero-order valence-corrected chi connectivity index (χ0v) is 16.9. The van der Waals surface area contributed by atoms with Crippen LogP contribution in [0.5, 0.6) is 0 Å². The minimum atomic E-state index is -0.729. The van der Waals surface area contributed by atoms with Crippen molar-refractivity contribution in [1.29, 1.82) is 0 Å². The van der Waals surface area contributed by atoms with Gasteiger partial charge >= 0.3 is 0 Å². The molecule has 1 amide bonds. The van der Waals surface area contributed by atoms with Gasteiger partial charge in [0.05, 0.1) is 20.8 Å². The number of aryl methyl sites for hydroxylation is 2. The maximum Gasteiger partial charge on any atom is 0.247 e. The lowest BCUT2D eigenvalue weighted by Crippen LogP contribution is -2.45. The molecule has 0 unspecified atom stereocenters. The molecule has 23 heavy (non-hydrogen) atoms. The third-order valence-electron chi connectivity index (χ3n) is 3.80. The van der Waals surface area contributed by atoms with Crippen molar-refractivity contribution in [2.24, 2.45) is 0 Å². The molecule has 0 bridgehead atoms. The van der Waals surface area contributed by atoms with Gasteiger partial charge in [-0.15, -0.1) is 0 Å². The van der Waals surface area contributed by atoms with E-state index in [1.807, 2.05) is 32.4 Å². The second-order valence-electron chi connectivity index (χ2n) is 5.98. The molecule has 2 rings (SSSR count). The lowest BCUT2D eigenvalue weighted by Gasteiger charge is -2.24. The summed E-state index contributed by atoms with van der Waals surface area (Å²) in [4.78, 5) is 12.4. The van der Waals surface area contributed by atoms with Crippen molar-refractivity contribution in [2.75, 3.05) is 6.54 Å². The van der Waals surface area contributed by atoms with Gasteiger partial charge in [0.2, 0.25) is 5.91 Å². The van der Waals surface area contributed by atoms with Crippen LogP contribution in [0.3, 0.4) is 0 Å². The van der Waals surface area contributed by atoms with E-state index in [2.05, 4.69) is 47.4 Å². The first-order chi connectivity index (χ1) is 10.7. The number of amides is 1. The Morgan fingerprint density at radius 3 is 2.57 bits per heavy atom. The highest BCUT2D eigenvalue weighted by Crippen LogP contribution is 2.20. The number of aromatic nitrogens is 4. The van der Waals surface area contributed by atoms with Crippen LogP contribution in [0.4, 0.5) is 0 Å². The van der Waals surface area contributed by atoms with Gasteiger partial charge in [0.15, 0.2) is 0 Å². The van der Waals surface area contributed by atoms with Gasteiger partial charge < -0.3 is 5.32 Å². The zero-order valence-electron chi connectivity index (χ0n) is 13.7. The van der Waals surface area contributed by atoms with Gasteiger partial charge in [0.1, 0.15) is 5.54 Å². The fourth-order valence-electron chi connectivity index (χ4n) is 2.25. The molecule has 0 aromatic carbocycles. The van der Waals surface area contributed by atoms with Crippen LogP contribution in [0.25, 0.3) is 0 Å². The molecular weight excluding hydrogens is 426 g/mol. The Kier molecular flexibility index (Phi) is 5.67. The second kappa shape index (κ2) is 7.17. The molecule has 0 radical (unpaired) electrons. The summed E-state index contributed by atoms with van der Waals surface area (Å²) in [5, 5.41) is 11.6. The van der Waals surface area contributed by atoms with E-state index in [1.165, 1.54) is 0 Å². The third kappa shape index (κ3) is 4.03. The van der Waals surface area contributed by atoms with Crippen LogP contribution in [0.15, 0.2) is 21.3 Å². The number of rotatable bonds is 6. The molecule has 126 valence electrons. The molecule has 8 heteroatoms. The summed E-state index contributed by atoms with van der Waals surface area (Å²) in [7, 11) is 0. The lowest BCUT2D eigenvalue weighted by molar-refractivity contribution is -0.128. The number of carbonyl (C=O) groups is 1. The van der Waals surface area contributed by atoms with Gasteiger partial charge in [-0.3, -0.25) is 14.2 Å². The van der Waals surface area contributed by atoms with Crippen LogP contribution in [-0.2, 0) is 16.9 Å². The average molecular weight is 447 g/mol. The molecule has 0 aliphatic heterocycles. The van der Waals surface area contributed by atoms with Gasteiger partial charge in [0.25, 0.3) is 0 Å². The normalized spacial score (nSPS) is 11.7. The molecule has 0 aliphatic rings. The quantitative estimate of drug-likeness (QED) is 0.693. The average Bonchev–Trinajstić information content (AvgIpc) is 3.03. The van der Waals surface area contributed by atoms with Gasteiger partial charge in [-0.25, -0.2) is 0 Å². The Hall–Kier alpha value is -1.15. The highest BCUT2D eigenvalue weighted by atomic mass is 79.9. The van der Waals surface area contributed by atoms with Crippen molar-refractivity contribution < 1.29 is 4.79 Å². The van der Waals surface area contributed by atoms with Crippen LogP contribution in [0, 0.1) is 13.8 Å². The molecule has 2 aromatic rings. The number of carbonyl (C=O) groups excluding carboxylic acids is 1. The highest BCUT2D eigenvalue weighted by Gasteiger charge is 2.30. The Balaban J connectivity index is 1.86. The van der Waals surface area contributed by atoms with Gasteiger partial charge in [-0.1, -0.05) is 0 Å². The van der Waals surface area contributed by atoms with Crippen molar-refractivity contribution >= 4 is 37.8 Å². The fourth-order valence-corrected chi connectivity index (χ4v) is 2.82. The van der Waals surface area contributed by atoms with Crippen LogP contribution in [0.2, 0.25) is 0 Å². The molecule has 1 N–H and O–H groups in total. The summed E-state index contributed by atoms with van der Waals surface area (Å²) in [6.07, 6.45) is 4.29. The SMILES string of the molecule is Cc1nn(CCCNC(=O)C(C)(C)n2cc(Br)cn2)c(C)c1Br. The highest BCUT2D eigenvalue weighted by molar-refractivity contribution is 9.10. The van der Waals surface area contributed by atoms with Crippen LogP contribution >= 0.6 is 31.9 Å². The summed E-state index contributed by atoms with van der Waals surface area (Å²) in [5.41, 5.74) is 1.36. The molecule has 0 fully saturated rings. The molecule has 2 heterocycles. The molecule has 0 aliphatic carbocycles. The van der Waals surface area contributed by atoms with Gasteiger partial charge in [-0.2, -0.15) is 10.2 Å². The topological polar surface area (TPSA) is 64.7 Å². The smallest absolute Gasteiger partial charge is 0.247 e. The van der Waals surface area contributed by atoms with Crippen LogP contribution < -0.4 is 5.32 Å². The Morgan fingerprint density at radius 2 is 2.04 bits per heavy atom. The van der Waals surface area contributed by atoms with Gasteiger partial charge in [-0.05, 0) is 66.0 Å². The first-order valence-corrected chi connectivity index (χ1v) is 9.00. The molecule has 0 spiro atoms. The molecule has 0 saturated carbocycles. The molecule has 0 atom stereocenters. The van der Waals surface area contributed by atoms with Crippen molar-refractivity contribution in [1.82, 2.24) is 24.9 Å². The van der Waals surface area contributed by atoms with Gasteiger partial charge in [0, 0.05) is 25.0 Å². The first-order valence-electron chi connectivity index (χ1n) is 7.42. The van der Waals surface area contributed by atoms with E-state index in [1.54, 1.807) is 17.1 Å². The van der Waals surface area contributed by atoms with E-state index in [-0.39, 0.29) is 5.91 Å². The molecule has 0 saturated heterocycles. The largest absolute Gasteiger partial charge is 0.354 e. The van der Waals surface area contributed by atoms with E-state index >= 15 is 0 Å². The van der Waals surface area contributed by atoms with Crippen molar-refractivity contribution in [3.05, 3.63) is 32.7 Å². The minimum absolute atomic E-state index is 0.0531. The molecule has 6 nitrogen and oxygen atoms in total. The predicted molar refractivity (Wildman–Crippen MR) is 96.3 cm³/mol. The number of hydrogen-bond donors (Lipinski definition) is 1. The van der Waals surface area contributed by atoms with Crippen LogP contribution in [0.1, 0.15) is 31.7 Å². The predicted octanol–water partition coefficient (Wildman–Crippen LogP) is 3.16. The Bertz CT molecular complexity index is 705. The van der Waals surface area contributed by atoms with E-state index in [0.717, 1.165) is 33.3 Å². The lowest BCUT2D eigenvalue weighted by atomic mass is 10.1. The second-order valence-corrected chi connectivity index (χ2v) is 7.69. The summed E-state index contributed by atoms with van der Waals surface area (Å²) >= 11 is 6.87. The number of nitrogens with one attached hydrogen (secondary N) is 1. The monoisotopic (exact) mass is 445 g/mol. The Labute approximate surface area is 152 Å². The Morgan fingerprint density at radius 1 is 1.35 bits per heavy atom. The number of nitrogens with zero attached hydrogens (tertiary/aromatic N) is 4. The number of hydrogen-bond acceptors (Lipinski definition) is 3.